The van der Waals surface area contributed by atoms with Gasteiger partial charge in [-0.2, -0.15) is 0 Å². The molecule has 0 aliphatic rings. The van der Waals surface area contributed by atoms with Crippen molar-refractivity contribution in [3.63, 3.8) is 0 Å². The van der Waals surface area contributed by atoms with Crippen LogP contribution in [-0.2, 0) is 16.1 Å². The molecule has 4 nitrogen and oxygen atoms in total. The molecule has 0 aliphatic heterocycles. The van der Waals surface area contributed by atoms with E-state index in [9.17, 15) is 18.4 Å². The van der Waals surface area contributed by atoms with Crippen molar-refractivity contribution in [2.75, 3.05) is 6.26 Å². The van der Waals surface area contributed by atoms with Gasteiger partial charge in [-0.05, 0) is 35.7 Å². The highest BCUT2D eigenvalue weighted by atomic mass is 32.2. The minimum atomic E-state index is -1.02. The van der Waals surface area contributed by atoms with Gasteiger partial charge < -0.3 is 9.47 Å². The molecule has 0 amide bonds. The number of hydrogen-bond acceptors (Lipinski definition) is 5. The number of esters is 1. The average molecular weight is 290 g/mol. The molecule has 1 rings (SSSR count). The summed E-state index contributed by atoms with van der Waals surface area (Å²) in [7, 11) is 0. The molecule has 0 bridgehead atoms. The maximum Gasteiger partial charge on any atom is 0.372 e. The van der Waals surface area contributed by atoms with Crippen LogP contribution in [-0.4, -0.2) is 17.5 Å². The van der Waals surface area contributed by atoms with Gasteiger partial charge in [0.2, 0.25) is 5.75 Å². The first-order valence-corrected chi connectivity index (χ1v) is 6.59. The van der Waals surface area contributed by atoms with Gasteiger partial charge in [-0.1, -0.05) is 6.92 Å². The lowest BCUT2D eigenvalue weighted by molar-refractivity contribution is -0.144. The van der Waals surface area contributed by atoms with Crippen molar-refractivity contribution in [3.8, 4) is 5.75 Å². The van der Waals surface area contributed by atoms with Gasteiger partial charge in [-0.25, -0.2) is 13.6 Å². The van der Waals surface area contributed by atoms with Crippen molar-refractivity contribution in [3.05, 3.63) is 29.3 Å². The number of halogens is 2. The minimum absolute atomic E-state index is 0.140. The third kappa shape index (κ3) is 4.51. The summed E-state index contributed by atoms with van der Waals surface area (Å²) < 4.78 is 36.3. The van der Waals surface area contributed by atoms with Gasteiger partial charge in [0, 0.05) is 6.42 Å². The van der Waals surface area contributed by atoms with Crippen molar-refractivity contribution < 1.29 is 27.8 Å². The van der Waals surface area contributed by atoms with E-state index < -0.39 is 28.7 Å². The molecule has 104 valence electrons. The SMILES string of the molecule is CCC(=O)OCc1cc(F)c(OC(=O)SC)c(F)c1. The van der Waals surface area contributed by atoms with Crippen LogP contribution in [0.4, 0.5) is 13.6 Å². The topological polar surface area (TPSA) is 52.6 Å². The second kappa shape index (κ2) is 7.08. The number of carbonyl (C=O) groups excluding carboxylic acids is 2. The lowest BCUT2D eigenvalue weighted by Crippen LogP contribution is -2.06. The first-order chi connectivity index (χ1) is 8.97. The van der Waals surface area contributed by atoms with Crippen molar-refractivity contribution in [1.82, 2.24) is 0 Å². The molecule has 0 aliphatic carbocycles. The van der Waals surface area contributed by atoms with E-state index in [1.165, 1.54) is 6.26 Å². The molecular weight excluding hydrogens is 278 g/mol. The van der Waals surface area contributed by atoms with Crippen LogP contribution in [0.3, 0.4) is 0 Å². The normalized spacial score (nSPS) is 10.1. The number of benzene rings is 1. The molecule has 0 radical (unpaired) electrons. The van der Waals surface area contributed by atoms with E-state index in [4.69, 9.17) is 4.74 Å². The Balaban J connectivity index is 2.84. The highest BCUT2D eigenvalue weighted by Gasteiger charge is 2.16. The zero-order valence-corrected chi connectivity index (χ0v) is 11.2. The molecule has 0 saturated heterocycles. The third-order valence-electron chi connectivity index (χ3n) is 2.10. The Morgan fingerprint density at radius 1 is 1.26 bits per heavy atom. The fourth-order valence-electron chi connectivity index (χ4n) is 1.18. The monoisotopic (exact) mass is 290 g/mol. The summed E-state index contributed by atoms with van der Waals surface area (Å²) in [5.41, 5.74) is 0.140. The summed E-state index contributed by atoms with van der Waals surface area (Å²) in [6, 6.07) is 1.91. The standard InChI is InChI=1S/C12H12F2O4S/c1-3-10(15)17-6-7-4-8(13)11(9(14)5-7)18-12(16)19-2/h4-5H,3,6H2,1-2H3. The molecule has 0 aromatic heterocycles. The van der Waals surface area contributed by atoms with Gasteiger partial charge in [-0.15, -0.1) is 0 Å². The van der Waals surface area contributed by atoms with Gasteiger partial charge in [0.1, 0.15) is 6.61 Å². The Hall–Kier alpha value is -1.63. The summed E-state index contributed by atoms with van der Waals surface area (Å²) in [4.78, 5) is 21.9. The predicted molar refractivity (Wildman–Crippen MR) is 66.0 cm³/mol. The van der Waals surface area contributed by atoms with E-state index in [0.717, 1.165) is 12.1 Å². The van der Waals surface area contributed by atoms with E-state index in [-0.39, 0.29) is 18.6 Å². The quantitative estimate of drug-likeness (QED) is 0.796. The Morgan fingerprint density at radius 2 is 1.84 bits per heavy atom. The van der Waals surface area contributed by atoms with Crippen molar-refractivity contribution in [2.24, 2.45) is 0 Å². The van der Waals surface area contributed by atoms with Crippen LogP contribution in [0.15, 0.2) is 12.1 Å². The highest BCUT2D eigenvalue weighted by Crippen LogP contribution is 2.25. The van der Waals surface area contributed by atoms with E-state index in [0.29, 0.717) is 11.8 Å². The molecule has 0 saturated carbocycles. The summed E-state index contributed by atoms with van der Waals surface area (Å²) >= 11 is 0.695. The molecule has 0 fully saturated rings. The van der Waals surface area contributed by atoms with E-state index >= 15 is 0 Å². The third-order valence-corrected chi connectivity index (χ3v) is 2.52. The predicted octanol–water partition coefficient (Wildman–Crippen LogP) is 3.28. The Kier molecular flexibility index (Phi) is 5.75. The molecular formula is C12H12F2O4S. The second-order valence-electron chi connectivity index (χ2n) is 3.46. The van der Waals surface area contributed by atoms with Crippen LogP contribution in [0.2, 0.25) is 0 Å². The van der Waals surface area contributed by atoms with Crippen LogP contribution in [0, 0.1) is 11.6 Å². The maximum atomic E-state index is 13.5. The summed E-state index contributed by atoms with van der Waals surface area (Å²) in [5, 5.41) is -0.817. The first kappa shape index (κ1) is 15.4. The number of carbonyl (C=O) groups is 2. The number of hydrogen-bond donors (Lipinski definition) is 0. The van der Waals surface area contributed by atoms with Crippen LogP contribution in [0.5, 0.6) is 5.75 Å². The Morgan fingerprint density at radius 3 is 2.32 bits per heavy atom. The first-order valence-electron chi connectivity index (χ1n) is 5.37. The zero-order chi connectivity index (χ0) is 14.4. The lowest BCUT2D eigenvalue weighted by Gasteiger charge is -2.08. The molecule has 1 aromatic carbocycles. The fraction of sp³-hybridized carbons (Fsp3) is 0.333. The molecule has 1 aromatic rings. The molecule has 0 N–H and O–H groups in total. The molecule has 19 heavy (non-hydrogen) atoms. The average Bonchev–Trinajstić information content (AvgIpc) is 2.39. The van der Waals surface area contributed by atoms with Crippen molar-refractivity contribution >= 4 is 23.0 Å². The molecule has 0 unspecified atom stereocenters. The molecule has 7 heteroatoms. The van der Waals surface area contributed by atoms with E-state index in [1.54, 1.807) is 6.92 Å². The summed E-state index contributed by atoms with van der Waals surface area (Å²) in [6.07, 6.45) is 1.60. The van der Waals surface area contributed by atoms with Gasteiger partial charge >= 0.3 is 11.3 Å². The molecule has 0 atom stereocenters. The molecule has 0 heterocycles. The summed E-state index contributed by atoms with van der Waals surface area (Å²) in [5.74, 6) is -3.28. The van der Waals surface area contributed by atoms with Gasteiger partial charge in [-0.3, -0.25) is 4.79 Å². The minimum Gasteiger partial charge on any atom is -0.461 e. The maximum absolute atomic E-state index is 13.5. The lowest BCUT2D eigenvalue weighted by atomic mass is 10.2. The molecule has 0 spiro atoms. The Labute approximate surface area is 113 Å². The largest absolute Gasteiger partial charge is 0.461 e. The van der Waals surface area contributed by atoms with Crippen molar-refractivity contribution in [1.29, 1.82) is 0 Å². The van der Waals surface area contributed by atoms with Crippen molar-refractivity contribution in [2.45, 2.75) is 20.0 Å². The van der Waals surface area contributed by atoms with Crippen LogP contribution < -0.4 is 4.74 Å². The van der Waals surface area contributed by atoms with Crippen LogP contribution in [0.25, 0.3) is 0 Å². The van der Waals surface area contributed by atoms with E-state index in [2.05, 4.69) is 4.74 Å². The fourth-order valence-corrected chi connectivity index (χ4v) is 1.35. The number of rotatable bonds is 4. The smallest absolute Gasteiger partial charge is 0.372 e. The van der Waals surface area contributed by atoms with Gasteiger partial charge in [0.25, 0.3) is 0 Å². The summed E-state index contributed by atoms with van der Waals surface area (Å²) in [6.45, 7) is 1.37. The van der Waals surface area contributed by atoms with Crippen LogP contribution >= 0.6 is 11.8 Å². The van der Waals surface area contributed by atoms with E-state index in [1.807, 2.05) is 0 Å². The second-order valence-corrected chi connectivity index (χ2v) is 4.20. The van der Waals surface area contributed by atoms with Gasteiger partial charge in [0.05, 0.1) is 0 Å². The number of thioether (sulfide) groups is 1. The zero-order valence-electron chi connectivity index (χ0n) is 10.4. The van der Waals surface area contributed by atoms with Gasteiger partial charge in [0.15, 0.2) is 11.6 Å². The van der Waals surface area contributed by atoms with Crippen LogP contribution in [0.1, 0.15) is 18.9 Å². The Bertz CT molecular complexity index is 468. The highest BCUT2D eigenvalue weighted by molar-refractivity contribution is 8.12. The number of ether oxygens (including phenoxy) is 2.